The zero-order valence-electron chi connectivity index (χ0n) is 11.3. The van der Waals surface area contributed by atoms with Crippen molar-refractivity contribution < 1.29 is 9.53 Å². The standard InChI is InChI=1S/C15H22N2O2/c16-9-4-7-13-8-10-17(11-13)15(18)19-12-14-5-2-1-3-6-14/h1-3,5-6,13H,4,7-12,16H2. The lowest BCUT2D eigenvalue weighted by atomic mass is 10.0. The number of carbonyl (C=O) groups is 1. The van der Waals surface area contributed by atoms with Gasteiger partial charge < -0.3 is 15.4 Å². The van der Waals surface area contributed by atoms with Gasteiger partial charge in [-0.3, -0.25) is 0 Å². The quantitative estimate of drug-likeness (QED) is 0.886. The lowest BCUT2D eigenvalue weighted by Crippen LogP contribution is -2.29. The Bertz CT molecular complexity index is 394. The van der Waals surface area contributed by atoms with Crippen LogP contribution in [-0.4, -0.2) is 30.6 Å². The topological polar surface area (TPSA) is 55.6 Å². The molecule has 0 bridgehead atoms. The van der Waals surface area contributed by atoms with E-state index in [0.29, 0.717) is 12.5 Å². The molecule has 0 aromatic heterocycles. The van der Waals surface area contributed by atoms with Crippen LogP contribution in [0.2, 0.25) is 0 Å². The second-order valence-electron chi connectivity index (χ2n) is 5.07. The third-order valence-corrected chi connectivity index (χ3v) is 3.57. The van der Waals surface area contributed by atoms with Crippen LogP contribution in [0.25, 0.3) is 0 Å². The molecule has 1 atom stereocenters. The molecule has 4 heteroatoms. The fourth-order valence-electron chi connectivity index (χ4n) is 2.45. The van der Waals surface area contributed by atoms with Crippen LogP contribution in [0.4, 0.5) is 4.79 Å². The number of nitrogens with zero attached hydrogens (tertiary/aromatic N) is 1. The fourth-order valence-corrected chi connectivity index (χ4v) is 2.45. The molecule has 0 spiro atoms. The molecule has 19 heavy (non-hydrogen) atoms. The molecule has 1 aromatic carbocycles. The van der Waals surface area contributed by atoms with Gasteiger partial charge in [-0.25, -0.2) is 4.79 Å². The Morgan fingerprint density at radius 1 is 1.37 bits per heavy atom. The van der Waals surface area contributed by atoms with Crippen molar-refractivity contribution in [2.75, 3.05) is 19.6 Å². The Morgan fingerprint density at radius 2 is 2.16 bits per heavy atom. The average Bonchev–Trinajstić information content (AvgIpc) is 2.92. The highest BCUT2D eigenvalue weighted by atomic mass is 16.6. The van der Waals surface area contributed by atoms with E-state index in [-0.39, 0.29) is 6.09 Å². The fraction of sp³-hybridized carbons (Fsp3) is 0.533. The zero-order valence-corrected chi connectivity index (χ0v) is 11.3. The van der Waals surface area contributed by atoms with E-state index >= 15 is 0 Å². The summed E-state index contributed by atoms with van der Waals surface area (Å²) in [6.45, 7) is 2.70. The number of amides is 1. The lowest BCUT2D eigenvalue weighted by molar-refractivity contribution is 0.103. The number of hydrogen-bond donors (Lipinski definition) is 1. The summed E-state index contributed by atoms with van der Waals surface area (Å²) in [5, 5.41) is 0. The Balaban J connectivity index is 1.72. The van der Waals surface area contributed by atoms with Crippen LogP contribution in [-0.2, 0) is 11.3 Å². The van der Waals surface area contributed by atoms with Crippen LogP contribution >= 0.6 is 0 Å². The number of hydrogen-bond acceptors (Lipinski definition) is 3. The molecule has 1 unspecified atom stereocenters. The Hall–Kier alpha value is -1.55. The van der Waals surface area contributed by atoms with E-state index in [1.807, 2.05) is 35.2 Å². The van der Waals surface area contributed by atoms with Crippen LogP contribution < -0.4 is 5.73 Å². The average molecular weight is 262 g/mol. The number of benzene rings is 1. The summed E-state index contributed by atoms with van der Waals surface area (Å²) in [4.78, 5) is 13.7. The van der Waals surface area contributed by atoms with E-state index in [4.69, 9.17) is 10.5 Å². The molecule has 1 aliphatic heterocycles. The van der Waals surface area contributed by atoms with E-state index in [0.717, 1.165) is 44.5 Å². The first kappa shape index (κ1) is 13.9. The lowest BCUT2D eigenvalue weighted by Gasteiger charge is -2.16. The molecule has 0 saturated carbocycles. The summed E-state index contributed by atoms with van der Waals surface area (Å²) in [6, 6.07) is 9.76. The van der Waals surface area contributed by atoms with Crippen LogP contribution in [0, 0.1) is 5.92 Å². The molecule has 4 nitrogen and oxygen atoms in total. The Labute approximate surface area is 114 Å². The molecule has 1 fully saturated rings. The highest BCUT2D eigenvalue weighted by Gasteiger charge is 2.26. The monoisotopic (exact) mass is 262 g/mol. The van der Waals surface area contributed by atoms with Gasteiger partial charge in [-0.05, 0) is 37.3 Å². The van der Waals surface area contributed by atoms with Crippen molar-refractivity contribution in [3.63, 3.8) is 0 Å². The predicted octanol–water partition coefficient (Wildman–Crippen LogP) is 2.38. The van der Waals surface area contributed by atoms with E-state index in [1.165, 1.54) is 0 Å². The SMILES string of the molecule is NCCCC1CCN(C(=O)OCc2ccccc2)C1. The van der Waals surface area contributed by atoms with Crippen molar-refractivity contribution in [3.05, 3.63) is 35.9 Å². The number of carbonyl (C=O) groups excluding carboxylic acids is 1. The van der Waals surface area contributed by atoms with Gasteiger partial charge >= 0.3 is 6.09 Å². The minimum Gasteiger partial charge on any atom is -0.445 e. The molecule has 1 aliphatic rings. The Kier molecular flexibility index (Phi) is 5.21. The molecule has 104 valence electrons. The van der Waals surface area contributed by atoms with E-state index < -0.39 is 0 Å². The molecule has 2 rings (SSSR count). The van der Waals surface area contributed by atoms with Crippen molar-refractivity contribution in [1.29, 1.82) is 0 Å². The smallest absolute Gasteiger partial charge is 0.410 e. The van der Waals surface area contributed by atoms with Crippen LogP contribution in [0.15, 0.2) is 30.3 Å². The summed E-state index contributed by atoms with van der Waals surface area (Å²) in [5.74, 6) is 0.591. The van der Waals surface area contributed by atoms with E-state index in [9.17, 15) is 4.79 Å². The third-order valence-electron chi connectivity index (χ3n) is 3.57. The third kappa shape index (κ3) is 4.24. The van der Waals surface area contributed by atoms with E-state index in [2.05, 4.69) is 0 Å². The van der Waals surface area contributed by atoms with Gasteiger partial charge in [-0.2, -0.15) is 0 Å². The number of ether oxygens (including phenoxy) is 1. The Morgan fingerprint density at radius 3 is 2.89 bits per heavy atom. The van der Waals surface area contributed by atoms with Gasteiger partial charge in [-0.1, -0.05) is 30.3 Å². The first-order chi connectivity index (χ1) is 9.29. The highest BCUT2D eigenvalue weighted by Crippen LogP contribution is 2.21. The first-order valence-corrected chi connectivity index (χ1v) is 6.95. The van der Waals surface area contributed by atoms with Gasteiger partial charge in [0.15, 0.2) is 0 Å². The van der Waals surface area contributed by atoms with Gasteiger partial charge in [0.05, 0.1) is 0 Å². The van der Waals surface area contributed by atoms with Crippen molar-refractivity contribution in [1.82, 2.24) is 4.90 Å². The highest BCUT2D eigenvalue weighted by molar-refractivity contribution is 5.68. The molecular weight excluding hydrogens is 240 g/mol. The maximum absolute atomic E-state index is 11.9. The summed E-state index contributed by atoms with van der Waals surface area (Å²) < 4.78 is 5.33. The molecule has 1 amide bonds. The predicted molar refractivity (Wildman–Crippen MR) is 74.6 cm³/mol. The second-order valence-corrected chi connectivity index (χ2v) is 5.07. The minimum atomic E-state index is -0.195. The number of nitrogens with two attached hydrogens (primary N) is 1. The van der Waals surface area contributed by atoms with Gasteiger partial charge in [-0.15, -0.1) is 0 Å². The van der Waals surface area contributed by atoms with Crippen LogP contribution in [0.5, 0.6) is 0 Å². The molecule has 1 saturated heterocycles. The molecule has 1 aromatic rings. The maximum atomic E-state index is 11.9. The van der Waals surface area contributed by atoms with Gasteiger partial charge in [0.25, 0.3) is 0 Å². The summed E-state index contributed by atoms with van der Waals surface area (Å²) in [5.41, 5.74) is 6.53. The van der Waals surface area contributed by atoms with Gasteiger partial charge in [0, 0.05) is 13.1 Å². The molecule has 2 N–H and O–H groups in total. The van der Waals surface area contributed by atoms with Crippen LogP contribution in [0.1, 0.15) is 24.8 Å². The van der Waals surface area contributed by atoms with E-state index in [1.54, 1.807) is 0 Å². The summed E-state index contributed by atoms with van der Waals surface area (Å²) >= 11 is 0. The maximum Gasteiger partial charge on any atom is 0.410 e. The summed E-state index contributed by atoms with van der Waals surface area (Å²) in [7, 11) is 0. The molecule has 0 aliphatic carbocycles. The van der Waals surface area contributed by atoms with Crippen molar-refractivity contribution >= 4 is 6.09 Å². The van der Waals surface area contributed by atoms with Crippen molar-refractivity contribution in [2.24, 2.45) is 11.7 Å². The number of likely N-dealkylation sites (tertiary alicyclic amines) is 1. The normalized spacial score (nSPS) is 18.6. The van der Waals surface area contributed by atoms with Gasteiger partial charge in [0.1, 0.15) is 6.61 Å². The van der Waals surface area contributed by atoms with Gasteiger partial charge in [0.2, 0.25) is 0 Å². The molecule has 0 radical (unpaired) electrons. The minimum absolute atomic E-state index is 0.195. The number of rotatable bonds is 5. The van der Waals surface area contributed by atoms with Crippen LogP contribution in [0.3, 0.4) is 0 Å². The second kappa shape index (κ2) is 7.14. The molecular formula is C15H22N2O2. The first-order valence-electron chi connectivity index (χ1n) is 6.95. The largest absolute Gasteiger partial charge is 0.445 e. The summed E-state index contributed by atoms with van der Waals surface area (Å²) in [6.07, 6.45) is 3.02. The van der Waals surface area contributed by atoms with Crippen molar-refractivity contribution in [3.8, 4) is 0 Å². The van der Waals surface area contributed by atoms with Crippen molar-refractivity contribution in [2.45, 2.75) is 25.9 Å². The molecule has 1 heterocycles. The zero-order chi connectivity index (χ0) is 13.5.